The van der Waals surface area contributed by atoms with Crippen LogP contribution in [0.4, 0.5) is 5.69 Å². The summed E-state index contributed by atoms with van der Waals surface area (Å²) in [6.45, 7) is 1.82. The van der Waals surface area contributed by atoms with Gasteiger partial charge in [0.2, 0.25) is 0 Å². The second kappa shape index (κ2) is 9.30. The van der Waals surface area contributed by atoms with E-state index in [0.717, 1.165) is 16.5 Å². The van der Waals surface area contributed by atoms with E-state index >= 15 is 0 Å². The maximum absolute atomic E-state index is 11.8. The van der Waals surface area contributed by atoms with Gasteiger partial charge in [-0.15, -0.1) is 0 Å². The Morgan fingerprint density at radius 3 is 2.81 bits per heavy atom. The Hall–Kier alpha value is -2.45. The molecule has 9 heteroatoms. The molecule has 0 aromatic heterocycles. The van der Waals surface area contributed by atoms with Crippen LogP contribution >= 0.6 is 27.5 Å². The lowest BCUT2D eigenvalue weighted by Gasteiger charge is -2.08. The van der Waals surface area contributed by atoms with Gasteiger partial charge in [0.05, 0.1) is 15.6 Å². The summed E-state index contributed by atoms with van der Waals surface area (Å²) in [5.74, 6) is 0.0887. The fourth-order valence-electron chi connectivity index (χ4n) is 1.99. The van der Waals surface area contributed by atoms with Crippen molar-refractivity contribution in [3.8, 4) is 5.75 Å². The fourth-order valence-corrected chi connectivity index (χ4v) is 2.71. The SMILES string of the molecule is CCc1ccc(OCC(=O)N/N=C/c2ccc(Cl)c([N+](=O)[O-])c2)c(Br)c1. The van der Waals surface area contributed by atoms with Crippen molar-refractivity contribution in [2.24, 2.45) is 5.10 Å². The molecule has 7 nitrogen and oxygen atoms in total. The van der Waals surface area contributed by atoms with E-state index in [1.54, 1.807) is 12.1 Å². The van der Waals surface area contributed by atoms with Gasteiger partial charge in [-0.3, -0.25) is 14.9 Å². The Morgan fingerprint density at radius 1 is 1.38 bits per heavy atom. The van der Waals surface area contributed by atoms with Crippen LogP contribution in [-0.2, 0) is 11.2 Å². The predicted octanol–water partition coefficient (Wildman–Crippen LogP) is 4.10. The van der Waals surface area contributed by atoms with E-state index in [4.69, 9.17) is 16.3 Å². The number of aryl methyl sites for hydroxylation is 1. The first-order chi connectivity index (χ1) is 12.4. The van der Waals surface area contributed by atoms with E-state index in [1.807, 2.05) is 19.1 Å². The molecule has 1 amide bonds. The van der Waals surface area contributed by atoms with Crippen molar-refractivity contribution in [1.29, 1.82) is 0 Å². The number of rotatable bonds is 7. The van der Waals surface area contributed by atoms with Crippen molar-refractivity contribution in [2.75, 3.05) is 6.61 Å². The Morgan fingerprint density at radius 2 is 2.15 bits per heavy atom. The summed E-state index contributed by atoms with van der Waals surface area (Å²) in [6.07, 6.45) is 2.18. The number of carbonyl (C=O) groups excluding carboxylic acids is 1. The Bertz CT molecular complexity index is 858. The number of hydrogen-bond donors (Lipinski definition) is 1. The number of amides is 1. The van der Waals surface area contributed by atoms with Crippen LogP contribution < -0.4 is 10.2 Å². The highest BCUT2D eigenvalue weighted by Gasteiger charge is 2.12. The first kappa shape index (κ1) is 19.9. The lowest BCUT2D eigenvalue weighted by atomic mass is 10.2. The third-order valence-corrected chi connectivity index (χ3v) is 4.27. The number of nitro benzene ring substituents is 1. The van der Waals surface area contributed by atoms with E-state index < -0.39 is 10.8 Å². The molecule has 2 rings (SSSR count). The molecule has 0 unspecified atom stereocenters. The molecule has 2 aromatic carbocycles. The van der Waals surface area contributed by atoms with Crippen molar-refractivity contribution >= 4 is 45.3 Å². The molecule has 136 valence electrons. The summed E-state index contributed by atoms with van der Waals surface area (Å²) in [6, 6.07) is 9.84. The molecule has 0 saturated heterocycles. The number of carbonyl (C=O) groups is 1. The minimum Gasteiger partial charge on any atom is -0.483 e. The molecule has 0 atom stereocenters. The zero-order chi connectivity index (χ0) is 19.1. The van der Waals surface area contributed by atoms with E-state index in [1.165, 1.54) is 18.3 Å². The number of nitrogens with one attached hydrogen (secondary N) is 1. The molecule has 0 heterocycles. The van der Waals surface area contributed by atoms with Gasteiger partial charge in [-0.1, -0.05) is 30.7 Å². The zero-order valence-corrected chi connectivity index (χ0v) is 16.1. The van der Waals surface area contributed by atoms with Crippen LogP contribution in [0.15, 0.2) is 46.0 Å². The highest BCUT2D eigenvalue weighted by Crippen LogP contribution is 2.26. The number of hydrogen-bond acceptors (Lipinski definition) is 5. The van der Waals surface area contributed by atoms with Gasteiger partial charge in [0.1, 0.15) is 10.8 Å². The van der Waals surface area contributed by atoms with Crippen LogP contribution in [-0.4, -0.2) is 23.7 Å². The molecular formula is C17H15BrClN3O4. The summed E-state index contributed by atoms with van der Waals surface area (Å²) < 4.78 is 6.19. The summed E-state index contributed by atoms with van der Waals surface area (Å²) in [5.41, 5.74) is 3.64. The van der Waals surface area contributed by atoms with E-state index in [2.05, 4.69) is 26.5 Å². The molecule has 0 saturated carbocycles. The minimum absolute atomic E-state index is 0.0317. The monoisotopic (exact) mass is 439 g/mol. The largest absolute Gasteiger partial charge is 0.483 e. The molecule has 0 bridgehead atoms. The highest BCUT2D eigenvalue weighted by molar-refractivity contribution is 9.10. The van der Waals surface area contributed by atoms with Gasteiger partial charge in [0.25, 0.3) is 11.6 Å². The third-order valence-electron chi connectivity index (χ3n) is 3.33. The normalized spacial score (nSPS) is 10.7. The fraction of sp³-hybridized carbons (Fsp3) is 0.176. The van der Waals surface area contributed by atoms with Crippen LogP contribution in [0.5, 0.6) is 5.75 Å². The van der Waals surface area contributed by atoms with E-state index in [0.29, 0.717) is 11.3 Å². The number of ether oxygens (including phenoxy) is 1. The molecule has 2 aromatic rings. The van der Waals surface area contributed by atoms with Gasteiger partial charge in [0.15, 0.2) is 6.61 Å². The second-order valence-electron chi connectivity index (χ2n) is 5.17. The van der Waals surface area contributed by atoms with Gasteiger partial charge >= 0.3 is 0 Å². The van der Waals surface area contributed by atoms with E-state index in [9.17, 15) is 14.9 Å². The van der Waals surface area contributed by atoms with Crippen molar-refractivity contribution in [2.45, 2.75) is 13.3 Å². The number of nitrogens with zero attached hydrogens (tertiary/aromatic N) is 2. The van der Waals surface area contributed by atoms with Gasteiger partial charge in [-0.05, 0) is 46.1 Å². The molecular weight excluding hydrogens is 426 g/mol. The maximum Gasteiger partial charge on any atom is 0.288 e. The number of hydrazone groups is 1. The van der Waals surface area contributed by atoms with Crippen LogP contribution in [0.1, 0.15) is 18.1 Å². The zero-order valence-electron chi connectivity index (χ0n) is 13.7. The topological polar surface area (TPSA) is 93.8 Å². The third kappa shape index (κ3) is 5.53. The quantitative estimate of drug-likeness (QED) is 0.398. The Labute approximate surface area is 163 Å². The van der Waals surface area contributed by atoms with Crippen LogP contribution in [0.3, 0.4) is 0 Å². The smallest absolute Gasteiger partial charge is 0.288 e. The molecule has 0 aliphatic carbocycles. The van der Waals surface area contributed by atoms with Crippen molar-refractivity contribution in [1.82, 2.24) is 5.43 Å². The van der Waals surface area contributed by atoms with Crippen molar-refractivity contribution in [3.05, 3.63) is 67.1 Å². The first-order valence-corrected chi connectivity index (χ1v) is 8.75. The van der Waals surface area contributed by atoms with Gasteiger partial charge in [0, 0.05) is 11.6 Å². The van der Waals surface area contributed by atoms with Crippen molar-refractivity contribution < 1.29 is 14.5 Å². The molecule has 0 spiro atoms. The predicted molar refractivity (Wildman–Crippen MR) is 103 cm³/mol. The second-order valence-corrected chi connectivity index (χ2v) is 6.43. The van der Waals surface area contributed by atoms with Crippen LogP contribution in [0.2, 0.25) is 5.02 Å². The molecule has 0 radical (unpaired) electrons. The lowest BCUT2D eigenvalue weighted by Crippen LogP contribution is -2.24. The minimum atomic E-state index is -0.590. The standard InChI is InChI=1S/C17H15BrClN3O4/c1-2-11-4-6-16(13(18)7-11)26-10-17(23)21-20-9-12-3-5-14(19)15(8-12)22(24)25/h3-9H,2,10H2,1H3,(H,21,23)/b20-9+. The Balaban J connectivity index is 1.90. The number of benzene rings is 2. The highest BCUT2D eigenvalue weighted by atomic mass is 79.9. The summed E-state index contributed by atoms with van der Waals surface area (Å²) in [5, 5.41) is 14.6. The maximum atomic E-state index is 11.8. The van der Waals surface area contributed by atoms with Gasteiger partial charge in [-0.25, -0.2) is 5.43 Å². The number of nitro groups is 1. The molecule has 1 N–H and O–H groups in total. The molecule has 0 aliphatic heterocycles. The van der Waals surface area contributed by atoms with Crippen LogP contribution in [0.25, 0.3) is 0 Å². The Kier molecular flexibility index (Phi) is 7.11. The van der Waals surface area contributed by atoms with Gasteiger partial charge in [-0.2, -0.15) is 5.10 Å². The molecule has 26 heavy (non-hydrogen) atoms. The summed E-state index contributed by atoms with van der Waals surface area (Å²) in [7, 11) is 0. The number of halogens is 2. The van der Waals surface area contributed by atoms with Crippen LogP contribution in [0, 0.1) is 10.1 Å². The van der Waals surface area contributed by atoms with E-state index in [-0.39, 0.29) is 17.3 Å². The molecule has 0 fully saturated rings. The van der Waals surface area contributed by atoms with Gasteiger partial charge < -0.3 is 4.74 Å². The lowest BCUT2D eigenvalue weighted by molar-refractivity contribution is -0.384. The average molecular weight is 441 g/mol. The molecule has 0 aliphatic rings. The summed E-state index contributed by atoms with van der Waals surface area (Å²) >= 11 is 9.12. The summed E-state index contributed by atoms with van der Waals surface area (Å²) in [4.78, 5) is 22.0. The first-order valence-electron chi connectivity index (χ1n) is 7.57. The average Bonchev–Trinajstić information content (AvgIpc) is 2.61. The van der Waals surface area contributed by atoms with Crippen molar-refractivity contribution in [3.63, 3.8) is 0 Å².